The van der Waals surface area contributed by atoms with Crippen LogP contribution >= 0.6 is 0 Å². The first-order valence-electron chi connectivity index (χ1n) is 7.57. The third-order valence-corrected chi connectivity index (χ3v) is 5.62. The van der Waals surface area contributed by atoms with Crippen molar-refractivity contribution in [2.24, 2.45) is 0 Å². The Labute approximate surface area is 127 Å². The van der Waals surface area contributed by atoms with E-state index in [4.69, 9.17) is 0 Å². The summed E-state index contributed by atoms with van der Waals surface area (Å²) in [5, 5.41) is 3.32. The molecule has 2 rings (SSSR count). The van der Waals surface area contributed by atoms with E-state index < -0.39 is 10.2 Å². The highest BCUT2D eigenvalue weighted by Crippen LogP contribution is 2.13. The maximum Gasteiger partial charge on any atom is 0.280 e. The second kappa shape index (κ2) is 7.35. The number of nitrogens with one attached hydrogen (secondary N) is 2. The van der Waals surface area contributed by atoms with Gasteiger partial charge in [0.15, 0.2) is 0 Å². The minimum Gasteiger partial charge on any atom is -0.313 e. The van der Waals surface area contributed by atoms with E-state index in [1.807, 2.05) is 44.2 Å². The molecule has 1 heterocycles. The molecule has 1 aliphatic heterocycles. The molecular formula is C15H25N3O2S. The van der Waals surface area contributed by atoms with Crippen LogP contribution in [0, 0.1) is 0 Å². The summed E-state index contributed by atoms with van der Waals surface area (Å²) in [6, 6.07) is 9.82. The molecule has 2 atom stereocenters. The van der Waals surface area contributed by atoms with Gasteiger partial charge in [-0.3, -0.25) is 0 Å². The summed E-state index contributed by atoms with van der Waals surface area (Å²) in [5.41, 5.74) is 1.000. The molecule has 6 heteroatoms. The average Bonchev–Trinajstić information content (AvgIpc) is 2.48. The summed E-state index contributed by atoms with van der Waals surface area (Å²) in [5.74, 6) is 0. The van der Waals surface area contributed by atoms with E-state index >= 15 is 0 Å². The van der Waals surface area contributed by atoms with E-state index in [0.29, 0.717) is 13.1 Å². The van der Waals surface area contributed by atoms with Crippen LogP contribution in [0.4, 0.5) is 0 Å². The largest absolute Gasteiger partial charge is 0.313 e. The van der Waals surface area contributed by atoms with Gasteiger partial charge in [-0.25, -0.2) is 0 Å². The average molecular weight is 311 g/mol. The van der Waals surface area contributed by atoms with Crippen LogP contribution in [-0.4, -0.2) is 37.9 Å². The minimum absolute atomic E-state index is 0.0337. The van der Waals surface area contributed by atoms with Crippen LogP contribution in [0.25, 0.3) is 0 Å². The number of piperidine rings is 1. The summed E-state index contributed by atoms with van der Waals surface area (Å²) in [7, 11) is -3.46. The van der Waals surface area contributed by atoms with Gasteiger partial charge in [0.2, 0.25) is 0 Å². The molecule has 1 saturated heterocycles. The van der Waals surface area contributed by atoms with Gasteiger partial charge < -0.3 is 5.32 Å². The third kappa shape index (κ3) is 4.51. The predicted octanol–water partition coefficient (Wildman–Crippen LogP) is 1.48. The topological polar surface area (TPSA) is 61.4 Å². The zero-order valence-electron chi connectivity index (χ0n) is 12.7. The van der Waals surface area contributed by atoms with Crippen molar-refractivity contribution < 1.29 is 8.42 Å². The molecular weight excluding hydrogens is 286 g/mol. The first-order valence-corrected chi connectivity index (χ1v) is 9.01. The van der Waals surface area contributed by atoms with Crippen molar-refractivity contribution in [3.63, 3.8) is 0 Å². The normalized spacial score (nSPS) is 23.4. The van der Waals surface area contributed by atoms with E-state index in [-0.39, 0.29) is 12.1 Å². The van der Waals surface area contributed by atoms with Crippen molar-refractivity contribution in [1.82, 2.24) is 14.3 Å². The molecule has 2 unspecified atom stereocenters. The first kappa shape index (κ1) is 16.4. The molecule has 21 heavy (non-hydrogen) atoms. The lowest BCUT2D eigenvalue weighted by atomic mass is 10.0. The van der Waals surface area contributed by atoms with Crippen LogP contribution in [0.15, 0.2) is 30.3 Å². The summed E-state index contributed by atoms with van der Waals surface area (Å²) < 4.78 is 29.5. The van der Waals surface area contributed by atoms with Crippen LogP contribution in [0.2, 0.25) is 0 Å². The van der Waals surface area contributed by atoms with Crippen LogP contribution in [0.1, 0.15) is 32.3 Å². The highest BCUT2D eigenvalue weighted by molar-refractivity contribution is 7.87. The van der Waals surface area contributed by atoms with Crippen LogP contribution < -0.4 is 10.0 Å². The van der Waals surface area contributed by atoms with Gasteiger partial charge in [-0.2, -0.15) is 17.4 Å². The lowest BCUT2D eigenvalue weighted by Crippen LogP contribution is -2.54. The Morgan fingerprint density at radius 2 is 2.05 bits per heavy atom. The smallest absolute Gasteiger partial charge is 0.280 e. The van der Waals surface area contributed by atoms with Crippen molar-refractivity contribution in [3.05, 3.63) is 35.9 Å². The second-order valence-corrected chi connectivity index (χ2v) is 7.23. The fraction of sp³-hybridized carbons (Fsp3) is 0.600. The molecule has 1 aliphatic rings. The molecule has 0 amide bonds. The van der Waals surface area contributed by atoms with Crippen molar-refractivity contribution in [2.45, 2.75) is 45.3 Å². The van der Waals surface area contributed by atoms with Crippen molar-refractivity contribution in [2.75, 3.05) is 13.1 Å². The van der Waals surface area contributed by atoms with Gasteiger partial charge in [0, 0.05) is 25.2 Å². The number of benzene rings is 1. The number of hydrogen-bond donors (Lipinski definition) is 2. The Kier molecular flexibility index (Phi) is 5.75. The van der Waals surface area contributed by atoms with Gasteiger partial charge in [-0.05, 0) is 31.9 Å². The molecule has 0 aliphatic carbocycles. The van der Waals surface area contributed by atoms with Crippen LogP contribution in [-0.2, 0) is 16.8 Å². The van der Waals surface area contributed by atoms with Gasteiger partial charge in [-0.15, -0.1) is 0 Å². The molecule has 1 aromatic carbocycles. The third-order valence-electron chi connectivity index (χ3n) is 3.96. The quantitative estimate of drug-likeness (QED) is 0.836. The standard InChI is InChI=1S/C15H25N3O2S/c1-3-18(12-14-8-5-4-6-9-14)21(19,20)17-15-10-7-11-16-13(15)2/h4-6,8-9,13,15-17H,3,7,10-12H2,1-2H3. The lowest BCUT2D eigenvalue weighted by Gasteiger charge is -2.32. The van der Waals surface area contributed by atoms with E-state index in [0.717, 1.165) is 24.9 Å². The van der Waals surface area contributed by atoms with Gasteiger partial charge in [0.25, 0.3) is 10.2 Å². The lowest BCUT2D eigenvalue weighted by molar-refractivity contribution is 0.334. The molecule has 0 bridgehead atoms. The monoisotopic (exact) mass is 311 g/mol. The number of nitrogens with zero attached hydrogens (tertiary/aromatic N) is 1. The minimum atomic E-state index is -3.46. The van der Waals surface area contributed by atoms with Crippen LogP contribution in [0.3, 0.4) is 0 Å². The zero-order chi connectivity index (χ0) is 15.3. The van der Waals surface area contributed by atoms with Gasteiger partial charge in [0.05, 0.1) is 0 Å². The van der Waals surface area contributed by atoms with E-state index in [9.17, 15) is 8.42 Å². The highest BCUT2D eigenvalue weighted by atomic mass is 32.2. The van der Waals surface area contributed by atoms with Crippen molar-refractivity contribution in [1.29, 1.82) is 0 Å². The molecule has 1 fully saturated rings. The molecule has 0 saturated carbocycles. The fourth-order valence-electron chi connectivity index (χ4n) is 2.62. The van der Waals surface area contributed by atoms with Gasteiger partial charge >= 0.3 is 0 Å². The number of rotatable bonds is 6. The summed E-state index contributed by atoms with van der Waals surface area (Å²) >= 11 is 0. The Hall–Kier alpha value is -0.950. The van der Waals surface area contributed by atoms with Crippen LogP contribution in [0.5, 0.6) is 0 Å². The highest BCUT2D eigenvalue weighted by Gasteiger charge is 2.28. The van der Waals surface area contributed by atoms with E-state index in [1.165, 1.54) is 4.31 Å². The Bertz CT molecular complexity index is 533. The molecule has 1 aromatic rings. The molecule has 5 nitrogen and oxygen atoms in total. The Morgan fingerprint density at radius 3 is 2.67 bits per heavy atom. The molecule has 118 valence electrons. The van der Waals surface area contributed by atoms with Gasteiger partial charge in [-0.1, -0.05) is 37.3 Å². The van der Waals surface area contributed by atoms with Crippen molar-refractivity contribution in [3.8, 4) is 0 Å². The summed E-state index contributed by atoms with van der Waals surface area (Å²) in [6.07, 6.45) is 1.89. The summed E-state index contributed by atoms with van der Waals surface area (Å²) in [4.78, 5) is 0. The molecule has 0 spiro atoms. The fourth-order valence-corrected chi connectivity index (χ4v) is 4.14. The number of hydrogen-bond acceptors (Lipinski definition) is 3. The predicted molar refractivity (Wildman–Crippen MR) is 85.1 cm³/mol. The Balaban J connectivity index is 2.05. The van der Waals surface area contributed by atoms with E-state index in [2.05, 4.69) is 10.0 Å². The SMILES string of the molecule is CCN(Cc1ccccc1)S(=O)(=O)NC1CCCNC1C. The zero-order valence-corrected chi connectivity index (χ0v) is 13.6. The molecule has 0 radical (unpaired) electrons. The second-order valence-electron chi connectivity index (χ2n) is 5.53. The maximum atomic E-state index is 12.6. The van der Waals surface area contributed by atoms with Crippen molar-refractivity contribution >= 4 is 10.2 Å². The van der Waals surface area contributed by atoms with Gasteiger partial charge in [0.1, 0.15) is 0 Å². The molecule has 2 N–H and O–H groups in total. The summed E-state index contributed by atoms with van der Waals surface area (Å²) in [6.45, 7) is 5.71. The first-order chi connectivity index (χ1) is 10.0. The Morgan fingerprint density at radius 1 is 1.33 bits per heavy atom. The van der Waals surface area contributed by atoms with E-state index in [1.54, 1.807) is 0 Å². The molecule has 0 aromatic heterocycles. The maximum absolute atomic E-state index is 12.6.